The van der Waals surface area contributed by atoms with Crippen LogP contribution in [-0.2, 0) is 0 Å². The Morgan fingerprint density at radius 2 is 1.71 bits per heavy atom. The maximum Gasteiger partial charge on any atom is 0.117 e. The van der Waals surface area contributed by atoms with Crippen molar-refractivity contribution in [3.63, 3.8) is 0 Å². The fourth-order valence-corrected chi connectivity index (χ4v) is 2.44. The molecular weight excluding hydrogens is 172 g/mol. The molecule has 0 aromatic heterocycles. The molecule has 1 nitrogen and oxygen atoms in total. The molecule has 1 rings (SSSR count). The Labute approximate surface area is 87.9 Å². The normalized spacial score (nSPS) is 30.8. The minimum atomic E-state index is -0.518. The van der Waals surface area contributed by atoms with Crippen molar-refractivity contribution >= 4 is 0 Å². The molecule has 1 atom stereocenters. The summed E-state index contributed by atoms with van der Waals surface area (Å²) in [7, 11) is 0. The largest absolute Gasteiger partial charge is 0.380 e. The van der Waals surface area contributed by atoms with E-state index in [2.05, 4.69) is 26.7 Å². The van der Waals surface area contributed by atoms with Gasteiger partial charge in [0.05, 0.1) is 0 Å². The zero-order valence-corrected chi connectivity index (χ0v) is 9.59. The van der Waals surface area contributed by atoms with E-state index in [-0.39, 0.29) is 0 Å². The third-order valence-electron chi connectivity index (χ3n) is 3.61. The number of hydrogen-bond donors (Lipinski definition) is 1. The van der Waals surface area contributed by atoms with E-state index >= 15 is 0 Å². The summed E-state index contributed by atoms with van der Waals surface area (Å²) in [6.07, 6.45) is 9.32. The number of rotatable bonds is 1. The number of terminal acetylenes is 1. The Bertz CT molecular complexity index is 210. The quantitative estimate of drug-likeness (QED) is 0.636. The standard InChI is InChI=1S/C13H22O/c1-5-12(14)10-6-8-11(9-7-10)13(2,3)4/h1,10-12,14H,6-9H2,2-4H3. The van der Waals surface area contributed by atoms with Gasteiger partial charge in [0.1, 0.15) is 6.10 Å². The Kier molecular flexibility index (Phi) is 3.61. The van der Waals surface area contributed by atoms with Crippen LogP contribution in [0, 0.1) is 29.6 Å². The van der Waals surface area contributed by atoms with E-state index in [9.17, 15) is 5.11 Å². The molecule has 1 fully saturated rings. The van der Waals surface area contributed by atoms with Gasteiger partial charge in [0.25, 0.3) is 0 Å². The van der Waals surface area contributed by atoms with Crippen molar-refractivity contribution in [3.05, 3.63) is 0 Å². The summed E-state index contributed by atoms with van der Waals surface area (Å²) in [6.45, 7) is 6.90. The van der Waals surface area contributed by atoms with Crippen molar-refractivity contribution in [2.24, 2.45) is 17.3 Å². The SMILES string of the molecule is C#CC(O)C1CCC(C(C)(C)C)CC1. The highest BCUT2D eigenvalue weighted by molar-refractivity contribution is 4.98. The zero-order valence-electron chi connectivity index (χ0n) is 9.59. The minimum Gasteiger partial charge on any atom is -0.380 e. The Balaban J connectivity index is 2.43. The molecule has 14 heavy (non-hydrogen) atoms. The van der Waals surface area contributed by atoms with Crippen molar-refractivity contribution in [3.8, 4) is 12.3 Å². The average Bonchev–Trinajstić information content (AvgIpc) is 2.15. The number of hydrogen-bond acceptors (Lipinski definition) is 1. The Morgan fingerprint density at radius 1 is 1.21 bits per heavy atom. The van der Waals surface area contributed by atoms with Crippen LogP contribution in [-0.4, -0.2) is 11.2 Å². The van der Waals surface area contributed by atoms with Gasteiger partial charge in [-0.25, -0.2) is 0 Å². The molecule has 0 radical (unpaired) electrons. The predicted molar refractivity (Wildman–Crippen MR) is 59.7 cm³/mol. The summed E-state index contributed by atoms with van der Waals surface area (Å²) in [5.74, 6) is 3.58. The Hall–Kier alpha value is -0.480. The molecule has 0 spiro atoms. The second kappa shape index (κ2) is 4.36. The van der Waals surface area contributed by atoms with E-state index in [1.54, 1.807) is 0 Å². The molecule has 1 saturated carbocycles. The van der Waals surface area contributed by atoms with E-state index in [1.807, 2.05) is 0 Å². The lowest BCUT2D eigenvalue weighted by Crippen LogP contribution is -2.30. The first-order valence-electron chi connectivity index (χ1n) is 5.59. The monoisotopic (exact) mass is 194 g/mol. The van der Waals surface area contributed by atoms with E-state index in [0.717, 1.165) is 18.8 Å². The van der Waals surface area contributed by atoms with Gasteiger partial charge in [-0.3, -0.25) is 0 Å². The molecule has 0 aromatic carbocycles. The highest BCUT2D eigenvalue weighted by Gasteiger charge is 2.31. The minimum absolute atomic E-state index is 0.346. The lowest BCUT2D eigenvalue weighted by Gasteiger charge is -2.37. The van der Waals surface area contributed by atoms with Crippen molar-refractivity contribution in [1.29, 1.82) is 0 Å². The van der Waals surface area contributed by atoms with Gasteiger partial charge >= 0.3 is 0 Å². The van der Waals surface area contributed by atoms with Crippen LogP contribution < -0.4 is 0 Å². The molecule has 0 amide bonds. The van der Waals surface area contributed by atoms with Gasteiger partial charge in [0, 0.05) is 0 Å². The van der Waals surface area contributed by atoms with Crippen LogP contribution in [0.15, 0.2) is 0 Å². The van der Waals surface area contributed by atoms with Crippen LogP contribution in [0.25, 0.3) is 0 Å². The molecule has 0 saturated heterocycles. The Morgan fingerprint density at radius 3 is 2.07 bits per heavy atom. The van der Waals surface area contributed by atoms with Crippen molar-refractivity contribution in [2.45, 2.75) is 52.6 Å². The van der Waals surface area contributed by atoms with Crippen LogP contribution >= 0.6 is 0 Å². The second-order valence-electron chi connectivity index (χ2n) is 5.59. The fourth-order valence-electron chi connectivity index (χ4n) is 2.44. The van der Waals surface area contributed by atoms with Gasteiger partial charge < -0.3 is 5.11 Å². The molecule has 1 aliphatic rings. The van der Waals surface area contributed by atoms with E-state index in [1.165, 1.54) is 12.8 Å². The molecule has 0 heterocycles. The highest BCUT2D eigenvalue weighted by Crippen LogP contribution is 2.40. The zero-order chi connectivity index (χ0) is 10.8. The van der Waals surface area contributed by atoms with E-state index in [0.29, 0.717) is 11.3 Å². The second-order valence-corrected chi connectivity index (χ2v) is 5.59. The van der Waals surface area contributed by atoms with Crippen LogP contribution in [0.1, 0.15) is 46.5 Å². The predicted octanol–water partition coefficient (Wildman–Crippen LogP) is 2.83. The topological polar surface area (TPSA) is 20.2 Å². The maximum absolute atomic E-state index is 9.54. The number of aliphatic hydroxyl groups excluding tert-OH is 1. The van der Waals surface area contributed by atoms with Gasteiger partial charge in [0.2, 0.25) is 0 Å². The summed E-state index contributed by atoms with van der Waals surface area (Å²) in [6, 6.07) is 0. The van der Waals surface area contributed by atoms with Crippen molar-refractivity contribution in [1.82, 2.24) is 0 Å². The summed E-state index contributed by atoms with van der Waals surface area (Å²) < 4.78 is 0. The van der Waals surface area contributed by atoms with Crippen LogP contribution in [0.2, 0.25) is 0 Å². The average molecular weight is 194 g/mol. The van der Waals surface area contributed by atoms with E-state index in [4.69, 9.17) is 6.42 Å². The summed E-state index contributed by atoms with van der Waals surface area (Å²) >= 11 is 0. The van der Waals surface area contributed by atoms with Gasteiger partial charge in [-0.05, 0) is 42.9 Å². The van der Waals surface area contributed by atoms with Gasteiger partial charge in [-0.2, -0.15) is 0 Å². The molecule has 0 bridgehead atoms. The molecule has 1 unspecified atom stereocenters. The molecule has 1 heteroatoms. The smallest absolute Gasteiger partial charge is 0.117 e. The lowest BCUT2D eigenvalue weighted by molar-refractivity contribution is 0.0850. The van der Waals surface area contributed by atoms with E-state index < -0.39 is 6.10 Å². The first-order valence-corrected chi connectivity index (χ1v) is 5.59. The third-order valence-corrected chi connectivity index (χ3v) is 3.61. The molecule has 1 aliphatic carbocycles. The first kappa shape index (κ1) is 11.6. The maximum atomic E-state index is 9.54. The van der Waals surface area contributed by atoms with Crippen LogP contribution in [0.5, 0.6) is 0 Å². The van der Waals surface area contributed by atoms with Crippen molar-refractivity contribution in [2.75, 3.05) is 0 Å². The fraction of sp³-hybridized carbons (Fsp3) is 0.846. The summed E-state index contributed by atoms with van der Waals surface area (Å²) in [5.41, 5.74) is 0.409. The van der Waals surface area contributed by atoms with Crippen LogP contribution in [0.3, 0.4) is 0 Å². The summed E-state index contributed by atoms with van der Waals surface area (Å²) in [5, 5.41) is 9.54. The van der Waals surface area contributed by atoms with Gasteiger partial charge in [-0.15, -0.1) is 6.42 Å². The van der Waals surface area contributed by atoms with Crippen molar-refractivity contribution < 1.29 is 5.11 Å². The third kappa shape index (κ3) is 2.75. The van der Waals surface area contributed by atoms with Gasteiger partial charge in [-0.1, -0.05) is 26.7 Å². The highest BCUT2D eigenvalue weighted by atomic mass is 16.3. The summed E-state index contributed by atoms with van der Waals surface area (Å²) in [4.78, 5) is 0. The molecular formula is C13H22O. The molecule has 0 aromatic rings. The van der Waals surface area contributed by atoms with Crippen LogP contribution in [0.4, 0.5) is 0 Å². The number of aliphatic hydroxyl groups is 1. The molecule has 1 N–H and O–H groups in total. The van der Waals surface area contributed by atoms with Gasteiger partial charge in [0.15, 0.2) is 0 Å². The first-order chi connectivity index (χ1) is 6.45. The lowest BCUT2D eigenvalue weighted by atomic mass is 9.69. The molecule has 80 valence electrons. The molecule has 0 aliphatic heterocycles.